The molecule has 2 atom stereocenters. The van der Waals surface area contributed by atoms with E-state index in [0.717, 1.165) is 44.9 Å². The van der Waals surface area contributed by atoms with Crippen molar-refractivity contribution in [1.82, 2.24) is 0 Å². The molecule has 0 fully saturated rings. The Kier molecular flexibility index (Phi) is 16.0. The molecule has 31 heavy (non-hydrogen) atoms. The Balaban J connectivity index is 4.58. The van der Waals surface area contributed by atoms with Gasteiger partial charge in [0.05, 0.1) is 34.4 Å². The fraction of sp³-hybridized carbons (Fsp3) is 0.870. The Bertz CT molecular complexity index is 517. The second kappa shape index (κ2) is 17.0. The van der Waals surface area contributed by atoms with Crippen molar-refractivity contribution in [1.29, 1.82) is 0 Å². The number of rotatable bonds is 19. The van der Waals surface area contributed by atoms with Crippen molar-refractivity contribution in [3.05, 3.63) is 0 Å². The predicted octanol–water partition coefficient (Wildman–Crippen LogP) is 3.56. The lowest BCUT2D eigenvalue weighted by atomic mass is 10.1. The highest BCUT2D eigenvalue weighted by Gasteiger charge is 2.31. The molecule has 0 aliphatic carbocycles. The van der Waals surface area contributed by atoms with Gasteiger partial charge in [0.1, 0.15) is 6.61 Å². The number of carbonyl (C=O) groups excluding carboxylic acids is 2. The number of quaternary nitrogens is 1. The fourth-order valence-electron chi connectivity index (χ4n) is 3.09. The molecule has 0 radical (unpaired) electrons. The van der Waals surface area contributed by atoms with E-state index in [-0.39, 0.29) is 36.2 Å². The van der Waals surface area contributed by atoms with Gasteiger partial charge in [0.25, 0.3) is 0 Å². The zero-order valence-corrected chi connectivity index (χ0v) is 20.2. The van der Waals surface area contributed by atoms with Crippen LogP contribution in [0, 0.1) is 0 Å². The lowest BCUT2D eigenvalue weighted by Crippen LogP contribution is -2.50. The van der Waals surface area contributed by atoms with E-state index in [4.69, 9.17) is 14.2 Å². The van der Waals surface area contributed by atoms with E-state index in [1.165, 1.54) is 0 Å². The normalized spacial score (nSPS) is 13.5. The van der Waals surface area contributed by atoms with Gasteiger partial charge in [0.15, 0.2) is 12.1 Å². The lowest BCUT2D eigenvalue weighted by molar-refractivity contribution is -0.887. The molecule has 1 N–H and O–H groups in total. The van der Waals surface area contributed by atoms with E-state index < -0.39 is 18.1 Å². The smallest absolute Gasteiger partial charge is 0.362 e. The van der Waals surface area contributed by atoms with Crippen LogP contribution in [-0.2, 0) is 28.6 Å². The Morgan fingerprint density at radius 1 is 0.839 bits per heavy atom. The molecule has 0 spiro atoms. The summed E-state index contributed by atoms with van der Waals surface area (Å²) in [5.74, 6) is -1.53. The number of carboxylic acids is 1. The summed E-state index contributed by atoms with van der Waals surface area (Å²) in [4.78, 5) is 35.5. The summed E-state index contributed by atoms with van der Waals surface area (Å²) in [5, 5.41) is 9.39. The zero-order valence-electron chi connectivity index (χ0n) is 20.2. The third-order valence-electron chi connectivity index (χ3n) is 5.01. The Morgan fingerprint density at radius 2 is 1.42 bits per heavy atom. The van der Waals surface area contributed by atoms with Gasteiger partial charge >= 0.3 is 17.9 Å². The highest BCUT2D eigenvalue weighted by atomic mass is 16.6. The van der Waals surface area contributed by atoms with E-state index in [0.29, 0.717) is 19.3 Å². The molecule has 0 rings (SSSR count). The standard InChI is InChI=1S/C23H43NO7/c1-6-8-10-12-14-22(26)31-19(18-30-21(25)13-11-9-7-2)17-29-16-15-20(23(27)28)24(3,4)5/h19-20H,6-18H2,1-5H3/p+1. The third kappa shape index (κ3) is 15.7. The summed E-state index contributed by atoms with van der Waals surface area (Å²) in [5.41, 5.74) is 0. The highest BCUT2D eigenvalue weighted by Crippen LogP contribution is 2.10. The van der Waals surface area contributed by atoms with Crippen molar-refractivity contribution in [2.24, 2.45) is 0 Å². The summed E-state index contributed by atoms with van der Waals surface area (Å²) in [7, 11) is 5.46. The first-order valence-corrected chi connectivity index (χ1v) is 11.6. The molecule has 0 amide bonds. The van der Waals surface area contributed by atoms with Gasteiger partial charge < -0.3 is 23.8 Å². The summed E-state index contributed by atoms with van der Waals surface area (Å²) in [6, 6.07) is -0.601. The van der Waals surface area contributed by atoms with Crippen LogP contribution in [0.2, 0.25) is 0 Å². The number of ether oxygens (including phenoxy) is 3. The number of aliphatic carboxylic acids is 1. The van der Waals surface area contributed by atoms with Gasteiger partial charge in [-0.15, -0.1) is 0 Å². The van der Waals surface area contributed by atoms with Crippen molar-refractivity contribution in [3.8, 4) is 0 Å². The van der Waals surface area contributed by atoms with Crippen LogP contribution in [0.4, 0.5) is 0 Å². The molecular weight excluding hydrogens is 402 g/mol. The van der Waals surface area contributed by atoms with Gasteiger partial charge in [0, 0.05) is 19.3 Å². The average molecular weight is 447 g/mol. The molecule has 0 aromatic rings. The number of carbonyl (C=O) groups is 3. The van der Waals surface area contributed by atoms with Crippen LogP contribution in [0.15, 0.2) is 0 Å². The van der Waals surface area contributed by atoms with E-state index in [2.05, 4.69) is 13.8 Å². The fourth-order valence-corrected chi connectivity index (χ4v) is 3.09. The predicted molar refractivity (Wildman–Crippen MR) is 119 cm³/mol. The molecule has 0 aliphatic rings. The van der Waals surface area contributed by atoms with E-state index >= 15 is 0 Å². The van der Waals surface area contributed by atoms with Crippen molar-refractivity contribution in [3.63, 3.8) is 0 Å². The zero-order chi connectivity index (χ0) is 23.7. The molecule has 0 saturated carbocycles. The summed E-state index contributed by atoms with van der Waals surface area (Å²) in [6.07, 6.45) is 6.96. The summed E-state index contributed by atoms with van der Waals surface area (Å²) in [6.45, 7) is 4.39. The molecular formula is C23H44NO7+. The maximum Gasteiger partial charge on any atom is 0.362 e. The monoisotopic (exact) mass is 446 g/mol. The number of unbranched alkanes of at least 4 members (excludes halogenated alkanes) is 5. The van der Waals surface area contributed by atoms with Gasteiger partial charge in [-0.25, -0.2) is 4.79 Å². The molecule has 8 heteroatoms. The Hall–Kier alpha value is -1.67. The SMILES string of the molecule is CCCCCCC(=O)OC(COCCC(C(=O)O)[N+](C)(C)C)COC(=O)CCCCC. The maximum absolute atomic E-state index is 12.1. The molecule has 0 aromatic heterocycles. The number of hydrogen-bond acceptors (Lipinski definition) is 6. The molecule has 0 aliphatic heterocycles. The topological polar surface area (TPSA) is 99.1 Å². The summed E-state index contributed by atoms with van der Waals surface area (Å²) < 4.78 is 16.6. The molecule has 182 valence electrons. The van der Waals surface area contributed by atoms with Crippen LogP contribution >= 0.6 is 0 Å². The van der Waals surface area contributed by atoms with Gasteiger partial charge in [-0.3, -0.25) is 9.59 Å². The molecule has 0 bridgehead atoms. The van der Waals surface area contributed by atoms with Gasteiger partial charge in [-0.2, -0.15) is 0 Å². The highest BCUT2D eigenvalue weighted by molar-refractivity contribution is 5.72. The molecule has 8 nitrogen and oxygen atoms in total. The van der Waals surface area contributed by atoms with E-state index in [1.807, 2.05) is 21.1 Å². The second-order valence-electron chi connectivity index (χ2n) is 8.90. The third-order valence-corrected chi connectivity index (χ3v) is 5.01. The number of nitrogens with zero attached hydrogens (tertiary/aromatic N) is 1. The van der Waals surface area contributed by atoms with Crippen LogP contribution < -0.4 is 0 Å². The lowest BCUT2D eigenvalue weighted by Gasteiger charge is -2.31. The van der Waals surface area contributed by atoms with E-state index in [9.17, 15) is 19.5 Å². The minimum atomic E-state index is -0.882. The molecule has 0 saturated heterocycles. The van der Waals surface area contributed by atoms with Crippen molar-refractivity contribution in [2.75, 3.05) is 41.0 Å². The quantitative estimate of drug-likeness (QED) is 0.184. The van der Waals surface area contributed by atoms with Gasteiger partial charge in [0.2, 0.25) is 0 Å². The average Bonchev–Trinajstić information content (AvgIpc) is 2.67. The largest absolute Gasteiger partial charge is 0.477 e. The number of esters is 2. The molecule has 2 unspecified atom stereocenters. The Labute approximate surface area is 187 Å². The number of carboxylic acid groups (broad SMARTS) is 1. The van der Waals surface area contributed by atoms with Crippen LogP contribution in [0.25, 0.3) is 0 Å². The van der Waals surface area contributed by atoms with Crippen LogP contribution in [0.1, 0.15) is 78.1 Å². The van der Waals surface area contributed by atoms with Gasteiger partial charge in [-0.05, 0) is 12.8 Å². The summed E-state index contributed by atoms with van der Waals surface area (Å²) >= 11 is 0. The van der Waals surface area contributed by atoms with Crippen LogP contribution in [0.5, 0.6) is 0 Å². The van der Waals surface area contributed by atoms with Crippen LogP contribution in [-0.4, -0.2) is 80.6 Å². The van der Waals surface area contributed by atoms with E-state index in [1.54, 1.807) is 0 Å². The second-order valence-corrected chi connectivity index (χ2v) is 8.90. The first-order valence-electron chi connectivity index (χ1n) is 11.6. The first kappa shape index (κ1) is 29.3. The number of likely N-dealkylation sites (N-methyl/N-ethyl adjacent to an activating group) is 1. The van der Waals surface area contributed by atoms with Gasteiger partial charge in [-0.1, -0.05) is 46.0 Å². The molecule has 0 heterocycles. The maximum atomic E-state index is 12.1. The minimum absolute atomic E-state index is 0.0522. The van der Waals surface area contributed by atoms with Crippen molar-refractivity contribution >= 4 is 17.9 Å². The van der Waals surface area contributed by atoms with Crippen LogP contribution in [0.3, 0.4) is 0 Å². The van der Waals surface area contributed by atoms with Crippen molar-refractivity contribution in [2.45, 2.75) is 90.2 Å². The Morgan fingerprint density at radius 3 is 2.00 bits per heavy atom. The minimum Gasteiger partial charge on any atom is -0.477 e. The van der Waals surface area contributed by atoms with Crippen molar-refractivity contribution < 1.29 is 38.2 Å². The molecule has 0 aromatic carbocycles. The first-order chi connectivity index (χ1) is 14.6. The number of hydrogen-bond donors (Lipinski definition) is 1.